The lowest BCUT2D eigenvalue weighted by molar-refractivity contribution is -0.117. The Kier molecular flexibility index (Phi) is 4.36. The lowest BCUT2D eigenvalue weighted by atomic mass is 9.95. The summed E-state index contributed by atoms with van der Waals surface area (Å²) in [6, 6.07) is 9.53. The molecule has 0 bridgehead atoms. The molecule has 0 aliphatic carbocycles. The van der Waals surface area contributed by atoms with Crippen LogP contribution in [0.4, 0.5) is 5.13 Å². The van der Waals surface area contributed by atoms with E-state index in [4.69, 9.17) is 11.6 Å². The summed E-state index contributed by atoms with van der Waals surface area (Å²) in [5, 5.41) is 14.8. The Morgan fingerprint density at radius 3 is 2.62 bits per heavy atom. The zero-order valence-electron chi connectivity index (χ0n) is 13.1. The second-order valence-electron chi connectivity index (χ2n) is 5.48. The molecule has 4 rings (SSSR count). The average Bonchev–Trinajstić information content (AvgIpc) is 3.37. The summed E-state index contributed by atoms with van der Waals surface area (Å²) in [6.07, 6.45) is 1.56. The monoisotopic (exact) mass is 402 g/mol. The van der Waals surface area contributed by atoms with Crippen molar-refractivity contribution in [1.82, 2.24) is 4.98 Å². The van der Waals surface area contributed by atoms with Crippen LogP contribution < -0.4 is 4.90 Å². The number of ketones is 1. The van der Waals surface area contributed by atoms with Crippen molar-refractivity contribution < 1.29 is 14.7 Å². The standard InChI is InChI=1S/C18H11ClN2O3S2/c19-11-5-2-1-4-10(11)14-13(15(22)12-6-3-8-25-12)16(23)17(24)21(14)18-20-7-9-26-18/h1-9,14,23H. The van der Waals surface area contributed by atoms with E-state index in [1.807, 2.05) is 0 Å². The molecule has 2 aromatic heterocycles. The number of benzene rings is 1. The zero-order chi connectivity index (χ0) is 18.3. The van der Waals surface area contributed by atoms with Gasteiger partial charge in [-0.1, -0.05) is 35.9 Å². The fraction of sp³-hybridized carbons (Fsp3) is 0.0556. The van der Waals surface area contributed by atoms with Gasteiger partial charge in [0.15, 0.2) is 10.9 Å². The molecular weight excluding hydrogens is 392 g/mol. The number of thiophene rings is 1. The number of carbonyl (C=O) groups is 2. The van der Waals surface area contributed by atoms with Gasteiger partial charge in [-0.05, 0) is 23.1 Å². The number of aromatic nitrogens is 1. The van der Waals surface area contributed by atoms with Crippen molar-refractivity contribution in [3.05, 3.63) is 80.2 Å². The molecule has 0 saturated heterocycles. The number of amides is 1. The van der Waals surface area contributed by atoms with Crippen molar-refractivity contribution in [3.8, 4) is 0 Å². The second kappa shape index (κ2) is 6.68. The summed E-state index contributed by atoms with van der Waals surface area (Å²) in [7, 11) is 0. The summed E-state index contributed by atoms with van der Waals surface area (Å²) in [6.45, 7) is 0. The van der Waals surface area contributed by atoms with Gasteiger partial charge in [0, 0.05) is 16.6 Å². The minimum atomic E-state index is -0.836. The van der Waals surface area contributed by atoms with Crippen LogP contribution >= 0.6 is 34.3 Å². The first-order chi connectivity index (χ1) is 12.6. The Labute approximate surface area is 161 Å². The molecule has 1 aromatic carbocycles. The van der Waals surface area contributed by atoms with Crippen molar-refractivity contribution >= 4 is 51.1 Å². The normalized spacial score (nSPS) is 17.2. The molecule has 3 heterocycles. The molecule has 8 heteroatoms. The Balaban J connectivity index is 1.91. The number of Topliss-reactive ketones (excluding diaryl/α,β-unsaturated/α-hetero) is 1. The van der Waals surface area contributed by atoms with E-state index in [9.17, 15) is 14.7 Å². The van der Waals surface area contributed by atoms with Crippen molar-refractivity contribution in [2.24, 2.45) is 0 Å². The highest BCUT2D eigenvalue weighted by Crippen LogP contribution is 2.44. The van der Waals surface area contributed by atoms with Gasteiger partial charge in [0.25, 0.3) is 5.91 Å². The summed E-state index contributed by atoms with van der Waals surface area (Å²) in [4.78, 5) is 31.7. The number of rotatable bonds is 4. The van der Waals surface area contributed by atoms with E-state index in [0.717, 1.165) is 0 Å². The zero-order valence-corrected chi connectivity index (χ0v) is 15.5. The molecule has 1 amide bonds. The summed E-state index contributed by atoms with van der Waals surface area (Å²) in [5.74, 6) is -1.62. The molecule has 5 nitrogen and oxygen atoms in total. The molecule has 3 aromatic rings. The number of hydrogen-bond acceptors (Lipinski definition) is 6. The van der Waals surface area contributed by atoms with E-state index >= 15 is 0 Å². The van der Waals surface area contributed by atoms with Crippen LogP contribution in [0, 0.1) is 0 Å². The van der Waals surface area contributed by atoms with Crippen LogP contribution in [-0.4, -0.2) is 21.8 Å². The number of hydrogen-bond donors (Lipinski definition) is 1. The first-order valence-corrected chi connectivity index (χ1v) is 9.72. The highest BCUT2D eigenvalue weighted by Gasteiger charge is 2.46. The third-order valence-corrected chi connectivity index (χ3v) is 6.01. The van der Waals surface area contributed by atoms with Crippen molar-refractivity contribution in [2.45, 2.75) is 6.04 Å². The third-order valence-electron chi connectivity index (χ3n) is 4.02. The molecule has 0 saturated carbocycles. The van der Waals surface area contributed by atoms with Crippen LogP contribution in [0.3, 0.4) is 0 Å². The molecule has 130 valence electrons. The number of carbonyl (C=O) groups excluding carboxylic acids is 2. The topological polar surface area (TPSA) is 70.5 Å². The summed E-state index contributed by atoms with van der Waals surface area (Å²) in [5.41, 5.74) is 0.572. The fourth-order valence-electron chi connectivity index (χ4n) is 2.90. The van der Waals surface area contributed by atoms with Crippen LogP contribution in [0.2, 0.25) is 5.02 Å². The fourth-order valence-corrected chi connectivity index (χ4v) is 4.48. The minimum absolute atomic E-state index is 0.0146. The van der Waals surface area contributed by atoms with E-state index in [0.29, 0.717) is 20.6 Å². The molecule has 0 radical (unpaired) electrons. The predicted molar refractivity (Wildman–Crippen MR) is 102 cm³/mol. The Morgan fingerprint density at radius 2 is 1.96 bits per heavy atom. The maximum absolute atomic E-state index is 13.0. The van der Waals surface area contributed by atoms with Crippen LogP contribution in [-0.2, 0) is 4.79 Å². The minimum Gasteiger partial charge on any atom is -0.503 e. The molecule has 1 atom stereocenters. The van der Waals surface area contributed by atoms with Gasteiger partial charge in [0.2, 0.25) is 5.78 Å². The third kappa shape index (κ3) is 2.65. The van der Waals surface area contributed by atoms with Crippen LogP contribution in [0.1, 0.15) is 21.3 Å². The number of thiazole rings is 1. The van der Waals surface area contributed by atoms with E-state index in [1.54, 1.807) is 53.4 Å². The first-order valence-electron chi connectivity index (χ1n) is 7.58. The van der Waals surface area contributed by atoms with Crippen LogP contribution in [0.15, 0.2) is 64.7 Å². The van der Waals surface area contributed by atoms with Gasteiger partial charge in [-0.2, -0.15) is 0 Å². The van der Waals surface area contributed by atoms with Gasteiger partial charge >= 0.3 is 0 Å². The molecule has 1 aliphatic heterocycles. The molecule has 1 N–H and O–H groups in total. The van der Waals surface area contributed by atoms with Crippen LogP contribution in [0.5, 0.6) is 0 Å². The summed E-state index contributed by atoms with van der Waals surface area (Å²) < 4.78 is 0. The van der Waals surface area contributed by atoms with Gasteiger partial charge in [0.05, 0.1) is 16.5 Å². The highest BCUT2D eigenvalue weighted by atomic mass is 35.5. The van der Waals surface area contributed by atoms with E-state index in [2.05, 4.69) is 4.98 Å². The number of aliphatic hydroxyl groups excluding tert-OH is 1. The van der Waals surface area contributed by atoms with Gasteiger partial charge in [0.1, 0.15) is 0 Å². The largest absolute Gasteiger partial charge is 0.503 e. The quantitative estimate of drug-likeness (QED) is 0.645. The van der Waals surface area contributed by atoms with Gasteiger partial charge in [-0.25, -0.2) is 4.98 Å². The van der Waals surface area contributed by atoms with E-state index in [-0.39, 0.29) is 5.57 Å². The molecular formula is C18H11ClN2O3S2. The summed E-state index contributed by atoms with van der Waals surface area (Å²) >= 11 is 8.85. The van der Waals surface area contributed by atoms with Crippen LogP contribution in [0.25, 0.3) is 0 Å². The van der Waals surface area contributed by atoms with Gasteiger partial charge < -0.3 is 5.11 Å². The lowest BCUT2D eigenvalue weighted by Gasteiger charge is -2.25. The van der Waals surface area contributed by atoms with Crippen molar-refractivity contribution in [1.29, 1.82) is 0 Å². The van der Waals surface area contributed by atoms with Gasteiger partial charge in [-0.3, -0.25) is 14.5 Å². The Hall–Kier alpha value is -2.48. The lowest BCUT2D eigenvalue weighted by Crippen LogP contribution is -2.31. The maximum atomic E-state index is 13.0. The molecule has 0 fully saturated rings. The maximum Gasteiger partial charge on any atom is 0.296 e. The average molecular weight is 403 g/mol. The second-order valence-corrected chi connectivity index (χ2v) is 7.71. The Bertz CT molecular complexity index is 1010. The molecule has 26 heavy (non-hydrogen) atoms. The first kappa shape index (κ1) is 17.0. The van der Waals surface area contributed by atoms with Crippen molar-refractivity contribution in [3.63, 3.8) is 0 Å². The molecule has 1 aliphatic rings. The van der Waals surface area contributed by atoms with Gasteiger partial charge in [-0.15, -0.1) is 22.7 Å². The predicted octanol–water partition coefficient (Wildman–Crippen LogP) is 4.64. The van der Waals surface area contributed by atoms with E-state index in [1.165, 1.54) is 27.6 Å². The SMILES string of the molecule is O=C(C1=C(O)C(=O)N(c2nccs2)C1c1ccccc1Cl)c1cccs1. The smallest absolute Gasteiger partial charge is 0.296 e. The number of halogens is 1. The number of anilines is 1. The highest BCUT2D eigenvalue weighted by molar-refractivity contribution is 7.14. The molecule has 0 spiro atoms. The Morgan fingerprint density at radius 1 is 1.15 bits per heavy atom. The van der Waals surface area contributed by atoms with Crippen molar-refractivity contribution in [2.75, 3.05) is 4.90 Å². The molecule has 1 unspecified atom stereocenters. The number of aliphatic hydroxyl groups is 1. The number of nitrogens with zero attached hydrogens (tertiary/aromatic N) is 2. The van der Waals surface area contributed by atoms with E-state index < -0.39 is 23.5 Å².